The monoisotopic (exact) mass is 284 g/mol. The first-order chi connectivity index (χ1) is 9.01. The summed E-state index contributed by atoms with van der Waals surface area (Å²) >= 11 is 6.14. The van der Waals surface area contributed by atoms with Crippen molar-refractivity contribution in [3.63, 3.8) is 0 Å². The van der Waals surface area contributed by atoms with Crippen LogP contribution in [0.4, 0.5) is 0 Å². The number of aromatic nitrogens is 2. The number of ketones is 1. The molecule has 1 fully saturated rings. The van der Waals surface area contributed by atoms with Gasteiger partial charge in [-0.25, -0.2) is 0 Å². The minimum absolute atomic E-state index is 0.248. The zero-order valence-electron chi connectivity index (χ0n) is 11.8. The van der Waals surface area contributed by atoms with Crippen LogP contribution in [0.1, 0.15) is 37.4 Å². The number of Topliss-reactive ketones (excluding diaryl/α,β-unsaturated/α-hetero) is 1. The van der Waals surface area contributed by atoms with Gasteiger partial charge in [-0.15, -0.1) is 0 Å². The summed E-state index contributed by atoms with van der Waals surface area (Å²) in [6, 6.07) is 0. The normalized spacial score (nSPS) is 22.3. The van der Waals surface area contributed by atoms with Crippen molar-refractivity contribution < 1.29 is 9.53 Å². The number of halogens is 1. The quantitative estimate of drug-likeness (QED) is 0.807. The standard InChI is InChI=1S/C14H21ClN2O2/c1-4-19-12-6-10(7-12)5-11(18)8-13-9(2)16-17(3)14(13)15/h10,12H,4-8H2,1-3H3. The van der Waals surface area contributed by atoms with E-state index in [1.54, 1.807) is 11.7 Å². The van der Waals surface area contributed by atoms with Gasteiger partial charge in [-0.05, 0) is 32.6 Å². The second-order valence-electron chi connectivity index (χ2n) is 5.31. The van der Waals surface area contributed by atoms with E-state index in [9.17, 15) is 4.79 Å². The number of rotatable bonds is 6. The largest absolute Gasteiger partial charge is 0.378 e. The summed E-state index contributed by atoms with van der Waals surface area (Å²) in [6.07, 6.45) is 3.42. The lowest BCUT2D eigenvalue weighted by Gasteiger charge is -2.34. The molecule has 0 atom stereocenters. The van der Waals surface area contributed by atoms with Crippen LogP contribution in [0.15, 0.2) is 0 Å². The van der Waals surface area contributed by atoms with Crippen LogP contribution in [0.3, 0.4) is 0 Å². The maximum atomic E-state index is 12.1. The first kappa shape index (κ1) is 14.5. The molecule has 19 heavy (non-hydrogen) atoms. The zero-order chi connectivity index (χ0) is 14.0. The van der Waals surface area contributed by atoms with E-state index in [0.29, 0.717) is 30.0 Å². The van der Waals surface area contributed by atoms with Gasteiger partial charge in [0, 0.05) is 32.1 Å². The van der Waals surface area contributed by atoms with Gasteiger partial charge in [0.1, 0.15) is 10.9 Å². The molecule has 5 heteroatoms. The molecule has 0 amide bonds. The van der Waals surface area contributed by atoms with Gasteiger partial charge in [0.05, 0.1) is 11.8 Å². The summed E-state index contributed by atoms with van der Waals surface area (Å²) in [7, 11) is 1.79. The number of aryl methyl sites for hydroxylation is 2. The molecule has 1 aliphatic rings. The third-order valence-corrected chi connectivity index (χ3v) is 4.23. The second-order valence-corrected chi connectivity index (χ2v) is 5.67. The zero-order valence-corrected chi connectivity index (χ0v) is 12.5. The maximum absolute atomic E-state index is 12.1. The first-order valence-corrected chi connectivity index (χ1v) is 7.20. The molecule has 0 spiro atoms. The van der Waals surface area contributed by atoms with Crippen molar-refractivity contribution in [1.82, 2.24) is 9.78 Å². The Morgan fingerprint density at radius 2 is 2.21 bits per heavy atom. The predicted molar refractivity (Wildman–Crippen MR) is 74.4 cm³/mol. The van der Waals surface area contributed by atoms with E-state index in [0.717, 1.165) is 30.7 Å². The highest BCUT2D eigenvalue weighted by atomic mass is 35.5. The van der Waals surface area contributed by atoms with Crippen molar-refractivity contribution in [2.24, 2.45) is 13.0 Å². The predicted octanol–water partition coefficient (Wildman–Crippen LogP) is 2.70. The van der Waals surface area contributed by atoms with Crippen molar-refractivity contribution in [2.45, 2.75) is 45.6 Å². The highest BCUT2D eigenvalue weighted by molar-refractivity contribution is 6.30. The summed E-state index contributed by atoms with van der Waals surface area (Å²) in [5.41, 5.74) is 1.72. The van der Waals surface area contributed by atoms with Gasteiger partial charge >= 0.3 is 0 Å². The molecule has 0 bridgehead atoms. The second kappa shape index (κ2) is 6.06. The summed E-state index contributed by atoms with van der Waals surface area (Å²) in [4.78, 5) is 12.1. The minimum atomic E-state index is 0.248. The summed E-state index contributed by atoms with van der Waals surface area (Å²) < 4.78 is 7.12. The highest BCUT2D eigenvalue weighted by Crippen LogP contribution is 2.33. The average Bonchev–Trinajstić information content (AvgIpc) is 2.53. The molecule has 106 valence electrons. The van der Waals surface area contributed by atoms with E-state index in [1.165, 1.54) is 0 Å². The van der Waals surface area contributed by atoms with Crippen LogP contribution in [-0.2, 0) is 23.0 Å². The smallest absolute Gasteiger partial charge is 0.137 e. The highest BCUT2D eigenvalue weighted by Gasteiger charge is 2.31. The Morgan fingerprint density at radius 1 is 1.53 bits per heavy atom. The van der Waals surface area contributed by atoms with Gasteiger partial charge < -0.3 is 4.74 Å². The van der Waals surface area contributed by atoms with Gasteiger partial charge in [0.25, 0.3) is 0 Å². The third kappa shape index (κ3) is 3.37. The maximum Gasteiger partial charge on any atom is 0.137 e. The Morgan fingerprint density at radius 3 is 2.74 bits per heavy atom. The van der Waals surface area contributed by atoms with E-state index < -0.39 is 0 Å². The number of hydrogen-bond donors (Lipinski definition) is 0. The third-order valence-electron chi connectivity index (χ3n) is 3.75. The topological polar surface area (TPSA) is 44.1 Å². The van der Waals surface area contributed by atoms with E-state index in [1.807, 2.05) is 13.8 Å². The number of ether oxygens (including phenoxy) is 1. The molecule has 0 N–H and O–H groups in total. The van der Waals surface area contributed by atoms with Gasteiger partial charge in [0.15, 0.2) is 0 Å². The molecule has 1 aromatic heterocycles. The molecule has 1 saturated carbocycles. The Bertz CT molecular complexity index is 464. The summed E-state index contributed by atoms with van der Waals surface area (Å²) in [6.45, 7) is 4.66. The molecular formula is C14H21ClN2O2. The summed E-state index contributed by atoms with van der Waals surface area (Å²) in [5, 5.41) is 4.80. The van der Waals surface area contributed by atoms with E-state index in [2.05, 4.69) is 5.10 Å². The molecular weight excluding hydrogens is 264 g/mol. The fraction of sp³-hybridized carbons (Fsp3) is 0.714. The van der Waals surface area contributed by atoms with E-state index in [4.69, 9.17) is 16.3 Å². The lowest BCUT2D eigenvalue weighted by molar-refractivity contribution is -0.121. The van der Waals surface area contributed by atoms with Crippen LogP contribution in [0, 0.1) is 12.8 Å². The van der Waals surface area contributed by atoms with Gasteiger partial charge in [-0.3, -0.25) is 9.48 Å². The molecule has 4 nitrogen and oxygen atoms in total. The molecule has 0 aliphatic heterocycles. The Hall–Kier alpha value is -0.870. The van der Waals surface area contributed by atoms with Crippen LogP contribution in [0.2, 0.25) is 5.15 Å². The number of carbonyl (C=O) groups is 1. The molecule has 1 aliphatic carbocycles. The molecule has 0 unspecified atom stereocenters. The average molecular weight is 285 g/mol. The number of nitrogens with zero attached hydrogens (tertiary/aromatic N) is 2. The molecule has 1 aromatic rings. The van der Waals surface area contributed by atoms with Crippen LogP contribution < -0.4 is 0 Å². The SMILES string of the molecule is CCOC1CC(CC(=O)Cc2c(C)nn(C)c2Cl)C1. The number of carbonyl (C=O) groups excluding carboxylic acids is 1. The van der Waals surface area contributed by atoms with Crippen molar-refractivity contribution >= 4 is 17.4 Å². The number of hydrogen-bond acceptors (Lipinski definition) is 3. The van der Waals surface area contributed by atoms with Gasteiger partial charge in [0.2, 0.25) is 0 Å². The van der Waals surface area contributed by atoms with E-state index >= 15 is 0 Å². The Labute approximate surface area is 119 Å². The lowest BCUT2D eigenvalue weighted by Crippen LogP contribution is -2.33. The molecule has 2 rings (SSSR count). The van der Waals surface area contributed by atoms with Crippen molar-refractivity contribution in [3.8, 4) is 0 Å². The van der Waals surface area contributed by atoms with Crippen LogP contribution >= 0.6 is 11.6 Å². The minimum Gasteiger partial charge on any atom is -0.378 e. The van der Waals surface area contributed by atoms with Crippen molar-refractivity contribution in [2.75, 3.05) is 6.61 Å². The van der Waals surface area contributed by atoms with Gasteiger partial charge in [-0.1, -0.05) is 11.6 Å². The van der Waals surface area contributed by atoms with Crippen molar-refractivity contribution in [1.29, 1.82) is 0 Å². The van der Waals surface area contributed by atoms with Crippen LogP contribution in [0.25, 0.3) is 0 Å². The fourth-order valence-electron chi connectivity index (χ4n) is 2.68. The van der Waals surface area contributed by atoms with Crippen LogP contribution in [0.5, 0.6) is 0 Å². The first-order valence-electron chi connectivity index (χ1n) is 6.82. The summed E-state index contributed by atoms with van der Waals surface area (Å²) in [5.74, 6) is 0.734. The van der Waals surface area contributed by atoms with Gasteiger partial charge in [-0.2, -0.15) is 5.10 Å². The molecule has 0 saturated heterocycles. The lowest BCUT2D eigenvalue weighted by atomic mass is 9.78. The van der Waals surface area contributed by atoms with E-state index in [-0.39, 0.29) is 5.78 Å². The Balaban J connectivity index is 1.82. The molecule has 1 heterocycles. The van der Waals surface area contributed by atoms with Crippen LogP contribution in [-0.4, -0.2) is 28.3 Å². The van der Waals surface area contributed by atoms with Crippen molar-refractivity contribution in [3.05, 3.63) is 16.4 Å². The molecule has 0 radical (unpaired) electrons. The fourth-order valence-corrected chi connectivity index (χ4v) is 2.92. The molecule has 0 aromatic carbocycles. The Kier molecular flexibility index (Phi) is 4.63.